The number of rotatable bonds is 2. The maximum atomic E-state index is 13.2. The van der Waals surface area contributed by atoms with Gasteiger partial charge in [0.25, 0.3) is 0 Å². The molecule has 24 heavy (non-hydrogen) atoms. The summed E-state index contributed by atoms with van der Waals surface area (Å²) >= 11 is 0. The van der Waals surface area contributed by atoms with Gasteiger partial charge in [0.05, 0.1) is 6.10 Å². The number of nitrogens with one attached hydrogen (secondary N) is 1. The van der Waals surface area contributed by atoms with E-state index in [4.69, 9.17) is 0 Å². The Labute approximate surface area is 149 Å². The van der Waals surface area contributed by atoms with Crippen LogP contribution in [0.4, 0.5) is 19.1 Å². The summed E-state index contributed by atoms with van der Waals surface area (Å²) in [6.07, 6.45) is -3.82. The summed E-state index contributed by atoms with van der Waals surface area (Å²) in [5, 5.41) is 9.50. The van der Waals surface area contributed by atoms with E-state index in [9.17, 15) is 18.3 Å². The molecule has 2 heterocycles. The lowest BCUT2D eigenvalue weighted by atomic mass is 10.1. The molecule has 1 aliphatic rings. The molecule has 9 heteroatoms. The smallest absolute Gasteiger partial charge is 0.393 e. The van der Waals surface area contributed by atoms with Gasteiger partial charge in [0.15, 0.2) is 0 Å². The number of aromatic amines is 1. The molecule has 3 rings (SSSR count). The lowest BCUT2D eigenvalue weighted by Crippen LogP contribution is -2.36. The molecule has 0 aliphatic carbocycles. The molecule has 4 nitrogen and oxygen atoms in total. The third-order valence-corrected chi connectivity index (χ3v) is 3.79. The Morgan fingerprint density at radius 1 is 1.08 bits per heavy atom. The quantitative estimate of drug-likeness (QED) is 0.826. The number of H-pyrrole nitrogens is 1. The number of piperidine rings is 1. The van der Waals surface area contributed by atoms with Gasteiger partial charge in [-0.25, -0.2) is 4.98 Å². The van der Waals surface area contributed by atoms with Crippen LogP contribution in [0.15, 0.2) is 30.3 Å². The highest BCUT2D eigenvalue weighted by atomic mass is 35.5. The van der Waals surface area contributed by atoms with Crippen molar-refractivity contribution < 1.29 is 18.3 Å². The van der Waals surface area contributed by atoms with Crippen molar-refractivity contribution in [1.82, 2.24) is 9.97 Å². The van der Waals surface area contributed by atoms with Gasteiger partial charge in [0.1, 0.15) is 11.4 Å². The van der Waals surface area contributed by atoms with Crippen molar-refractivity contribution in [3.8, 4) is 11.3 Å². The molecule has 2 aromatic rings. The number of hydrogen-bond donors (Lipinski definition) is 2. The van der Waals surface area contributed by atoms with Crippen LogP contribution >= 0.6 is 24.8 Å². The van der Waals surface area contributed by atoms with Crippen LogP contribution in [0.2, 0.25) is 0 Å². The number of aliphatic hydroxyl groups is 1. The zero-order valence-electron chi connectivity index (χ0n) is 12.6. The van der Waals surface area contributed by atoms with E-state index in [1.165, 1.54) is 0 Å². The summed E-state index contributed by atoms with van der Waals surface area (Å²) in [6.45, 7) is 0.973. The molecule has 0 atom stereocenters. The van der Waals surface area contributed by atoms with Crippen molar-refractivity contribution >= 4 is 30.8 Å². The fraction of sp³-hybridized carbons (Fsp3) is 0.400. The minimum Gasteiger partial charge on any atom is -0.393 e. The summed E-state index contributed by atoms with van der Waals surface area (Å²) in [7, 11) is 0. The van der Waals surface area contributed by atoms with E-state index in [0.717, 1.165) is 0 Å². The molecule has 134 valence electrons. The van der Waals surface area contributed by atoms with Gasteiger partial charge in [-0.1, -0.05) is 30.3 Å². The van der Waals surface area contributed by atoms with Crippen LogP contribution in [0.5, 0.6) is 0 Å². The second-order valence-corrected chi connectivity index (χ2v) is 5.37. The Morgan fingerprint density at radius 2 is 1.67 bits per heavy atom. The van der Waals surface area contributed by atoms with E-state index in [2.05, 4.69) is 9.97 Å². The van der Waals surface area contributed by atoms with E-state index in [0.29, 0.717) is 31.5 Å². The minimum atomic E-state index is -4.49. The first-order valence-electron chi connectivity index (χ1n) is 7.11. The number of halogens is 5. The average Bonchev–Trinajstić information content (AvgIpc) is 2.94. The molecule has 1 aliphatic heterocycles. The van der Waals surface area contributed by atoms with Crippen LogP contribution in [0.1, 0.15) is 18.5 Å². The number of anilines is 1. The Bertz CT molecular complexity index is 641. The van der Waals surface area contributed by atoms with Crippen molar-refractivity contribution in [3.05, 3.63) is 36.0 Å². The molecule has 2 N–H and O–H groups in total. The van der Waals surface area contributed by atoms with Gasteiger partial charge in [0.2, 0.25) is 5.95 Å². The Balaban J connectivity index is 0.00000144. The lowest BCUT2D eigenvalue weighted by molar-refractivity contribution is -0.140. The highest BCUT2D eigenvalue weighted by molar-refractivity contribution is 5.85. The molecule has 1 aromatic heterocycles. The molecule has 0 spiro atoms. The number of hydrogen-bond acceptors (Lipinski definition) is 3. The third kappa shape index (κ3) is 4.34. The summed E-state index contributed by atoms with van der Waals surface area (Å²) < 4.78 is 39.7. The number of benzene rings is 1. The van der Waals surface area contributed by atoms with E-state index < -0.39 is 11.9 Å². The predicted octanol–water partition coefficient (Wildman–Crippen LogP) is 3.90. The Hall–Kier alpha value is -1.44. The van der Waals surface area contributed by atoms with Crippen LogP contribution < -0.4 is 4.90 Å². The van der Waals surface area contributed by atoms with Gasteiger partial charge in [-0.15, -0.1) is 24.8 Å². The van der Waals surface area contributed by atoms with Gasteiger partial charge < -0.3 is 15.0 Å². The number of imidazole rings is 1. The zero-order valence-corrected chi connectivity index (χ0v) is 14.2. The molecule has 1 fully saturated rings. The zero-order chi connectivity index (χ0) is 15.7. The van der Waals surface area contributed by atoms with Crippen LogP contribution in [-0.4, -0.2) is 34.3 Å². The Morgan fingerprint density at radius 3 is 2.21 bits per heavy atom. The minimum absolute atomic E-state index is 0. The molecule has 0 amide bonds. The molecule has 0 bridgehead atoms. The molecule has 0 unspecified atom stereocenters. The van der Waals surface area contributed by atoms with Crippen molar-refractivity contribution in [2.75, 3.05) is 18.0 Å². The van der Waals surface area contributed by atoms with E-state index in [-0.39, 0.29) is 42.6 Å². The number of nitrogens with zero attached hydrogens (tertiary/aromatic N) is 2. The normalized spacial score (nSPS) is 15.6. The van der Waals surface area contributed by atoms with Crippen molar-refractivity contribution in [2.45, 2.75) is 25.1 Å². The van der Waals surface area contributed by atoms with E-state index >= 15 is 0 Å². The van der Waals surface area contributed by atoms with E-state index in [1.54, 1.807) is 35.2 Å². The van der Waals surface area contributed by atoms with Crippen molar-refractivity contribution in [1.29, 1.82) is 0 Å². The molecule has 1 saturated heterocycles. The molecule has 0 saturated carbocycles. The van der Waals surface area contributed by atoms with Crippen molar-refractivity contribution in [2.24, 2.45) is 0 Å². The maximum absolute atomic E-state index is 13.2. The van der Waals surface area contributed by atoms with Crippen LogP contribution in [0, 0.1) is 0 Å². The topological polar surface area (TPSA) is 52.1 Å². The highest BCUT2D eigenvalue weighted by Crippen LogP contribution is 2.37. The van der Waals surface area contributed by atoms with Crippen LogP contribution in [0.25, 0.3) is 11.3 Å². The average molecular weight is 384 g/mol. The van der Waals surface area contributed by atoms with Gasteiger partial charge in [-0.2, -0.15) is 13.2 Å². The second kappa shape index (κ2) is 8.09. The number of aliphatic hydroxyl groups excluding tert-OH is 1. The van der Waals surface area contributed by atoms with Gasteiger partial charge in [-0.05, 0) is 12.8 Å². The summed E-state index contributed by atoms with van der Waals surface area (Å²) in [5.74, 6) is 0.207. The van der Waals surface area contributed by atoms with Gasteiger partial charge >= 0.3 is 6.18 Å². The van der Waals surface area contributed by atoms with E-state index in [1.807, 2.05) is 0 Å². The largest absolute Gasteiger partial charge is 0.433 e. The predicted molar refractivity (Wildman–Crippen MR) is 91.0 cm³/mol. The summed E-state index contributed by atoms with van der Waals surface area (Å²) in [4.78, 5) is 8.32. The molecular formula is C15H18Cl2F3N3O. The molecular weight excluding hydrogens is 366 g/mol. The van der Waals surface area contributed by atoms with Crippen molar-refractivity contribution in [3.63, 3.8) is 0 Å². The fourth-order valence-corrected chi connectivity index (χ4v) is 2.60. The highest BCUT2D eigenvalue weighted by Gasteiger charge is 2.38. The summed E-state index contributed by atoms with van der Waals surface area (Å²) in [6, 6.07) is 8.32. The monoisotopic (exact) mass is 383 g/mol. The number of aromatic nitrogens is 2. The van der Waals surface area contributed by atoms with Crippen LogP contribution in [0.3, 0.4) is 0 Å². The Kier molecular flexibility index (Phi) is 6.95. The van der Waals surface area contributed by atoms with Gasteiger partial charge in [-0.3, -0.25) is 0 Å². The molecule has 1 aromatic carbocycles. The first-order valence-corrected chi connectivity index (χ1v) is 7.11. The standard InChI is InChI=1S/C15H16F3N3O.2ClH/c16-15(17,18)13-12(10-4-2-1-3-5-10)19-14(20-13)21-8-6-11(22)7-9-21;;/h1-5,11,22H,6-9H2,(H,19,20);2*1H. The van der Waals surface area contributed by atoms with Crippen LogP contribution in [-0.2, 0) is 6.18 Å². The lowest BCUT2D eigenvalue weighted by Gasteiger charge is -2.29. The van der Waals surface area contributed by atoms with Gasteiger partial charge in [0, 0.05) is 18.7 Å². The third-order valence-electron chi connectivity index (χ3n) is 3.79. The summed E-state index contributed by atoms with van der Waals surface area (Å²) in [5.41, 5.74) is -0.497. The number of alkyl halides is 3. The second-order valence-electron chi connectivity index (χ2n) is 5.37. The SMILES string of the molecule is Cl.Cl.OC1CCN(c2nc(-c3ccccc3)c(C(F)(F)F)[nH]2)CC1. The maximum Gasteiger partial charge on any atom is 0.433 e. The fourth-order valence-electron chi connectivity index (χ4n) is 2.60. The first kappa shape index (κ1) is 20.6. The molecule has 0 radical (unpaired) electrons. The first-order chi connectivity index (χ1) is 10.4.